The van der Waals surface area contributed by atoms with Crippen LogP contribution in [0.25, 0.3) is 0 Å². The molecule has 1 heteroatoms. The molecule has 1 aromatic rings. The van der Waals surface area contributed by atoms with E-state index < -0.39 is 0 Å². The zero-order valence-corrected chi connectivity index (χ0v) is 9.43. The second kappa shape index (κ2) is 3.74. The molecule has 0 atom stereocenters. The average molecular weight is 189 g/mol. The van der Waals surface area contributed by atoms with E-state index in [1.165, 1.54) is 18.5 Å². The van der Waals surface area contributed by atoms with E-state index in [9.17, 15) is 0 Å². The van der Waals surface area contributed by atoms with Crippen molar-refractivity contribution in [1.29, 1.82) is 0 Å². The fourth-order valence-electron chi connectivity index (χ4n) is 2.37. The van der Waals surface area contributed by atoms with Crippen LogP contribution in [0.4, 0.5) is 0 Å². The van der Waals surface area contributed by atoms with E-state index in [4.69, 9.17) is 0 Å². The van der Waals surface area contributed by atoms with Gasteiger partial charge in [-0.2, -0.15) is 0 Å². The summed E-state index contributed by atoms with van der Waals surface area (Å²) in [4.78, 5) is 2.41. The molecule has 0 fully saturated rings. The van der Waals surface area contributed by atoms with Gasteiger partial charge >= 0.3 is 0 Å². The molecule has 0 saturated heterocycles. The van der Waals surface area contributed by atoms with Gasteiger partial charge in [-0.05, 0) is 43.5 Å². The maximum absolute atomic E-state index is 2.41. The molecule has 0 spiro atoms. The van der Waals surface area contributed by atoms with E-state index in [1.54, 1.807) is 16.7 Å². The van der Waals surface area contributed by atoms with Crippen LogP contribution in [0, 0.1) is 6.92 Å². The second-order valence-electron chi connectivity index (χ2n) is 4.40. The van der Waals surface area contributed by atoms with Crippen molar-refractivity contribution in [3.05, 3.63) is 34.4 Å². The van der Waals surface area contributed by atoms with Gasteiger partial charge in [0, 0.05) is 13.1 Å². The largest absolute Gasteiger partial charge is 0.302 e. The van der Waals surface area contributed by atoms with E-state index in [1.807, 2.05) is 0 Å². The molecular formula is C13H19N. The number of aryl methyl sites for hydroxylation is 2. The Morgan fingerprint density at radius 2 is 2.14 bits per heavy atom. The Bertz CT molecular complexity index is 324. The topological polar surface area (TPSA) is 3.24 Å². The Morgan fingerprint density at radius 3 is 2.86 bits per heavy atom. The molecule has 0 saturated carbocycles. The first-order valence-corrected chi connectivity index (χ1v) is 5.50. The van der Waals surface area contributed by atoms with Gasteiger partial charge in [0.2, 0.25) is 0 Å². The van der Waals surface area contributed by atoms with Crippen LogP contribution in [0.5, 0.6) is 0 Å². The molecule has 0 bridgehead atoms. The minimum Gasteiger partial charge on any atom is -0.302 e. The van der Waals surface area contributed by atoms with Crippen molar-refractivity contribution in [2.45, 2.75) is 33.2 Å². The van der Waals surface area contributed by atoms with Gasteiger partial charge in [-0.25, -0.2) is 0 Å². The lowest BCUT2D eigenvalue weighted by atomic mass is 9.92. The quantitative estimate of drug-likeness (QED) is 0.656. The summed E-state index contributed by atoms with van der Waals surface area (Å²) in [6, 6.07) is 4.71. The third-order valence-electron chi connectivity index (χ3n) is 3.15. The van der Waals surface area contributed by atoms with Crippen LogP contribution in [0.15, 0.2) is 12.1 Å². The number of likely N-dealkylation sites (N-methyl/N-ethyl adjacent to an activating group) is 1. The molecule has 1 aliphatic rings. The maximum Gasteiger partial charge on any atom is 0.0236 e. The molecule has 0 radical (unpaired) electrons. The summed E-state index contributed by atoms with van der Waals surface area (Å²) < 4.78 is 0. The van der Waals surface area contributed by atoms with E-state index >= 15 is 0 Å². The third-order valence-corrected chi connectivity index (χ3v) is 3.15. The number of nitrogens with zero attached hydrogens (tertiary/aromatic N) is 1. The van der Waals surface area contributed by atoms with Gasteiger partial charge < -0.3 is 4.90 Å². The number of rotatable bonds is 1. The molecule has 0 aliphatic carbocycles. The zero-order chi connectivity index (χ0) is 10.1. The normalized spacial score (nSPS) is 16.8. The van der Waals surface area contributed by atoms with Crippen molar-refractivity contribution < 1.29 is 0 Å². The fourth-order valence-corrected chi connectivity index (χ4v) is 2.37. The summed E-state index contributed by atoms with van der Waals surface area (Å²) in [6.45, 7) is 6.81. The maximum atomic E-state index is 2.41. The minimum atomic E-state index is 1.14. The second-order valence-corrected chi connectivity index (χ2v) is 4.40. The number of benzene rings is 1. The average Bonchev–Trinajstić information content (AvgIpc) is 2.17. The summed E-state index contributed by atoms with van der Waals surface area (Å²) >= 11 is 0. The highest BCUT2D eigenvalue weighted by molar-refractivity contribution is 5.40. The first kappa shape index (κ1) is 9.72. The molecule has 1 heterocycles. The van der Waals surface area contributed by atoms with Crippen molar-refractivity contribution >= 4 is 0 Å². The predicted molar refractivity (Wildman–Crippen MR) is 60.6 cm³/mol. The highest BCUT2D eigenvalue weighted by atomic mass is 15.1. The van der Waals surface area contributed by atoms with Crippen molar-refractivity contribution in [3.63, 3.8) is 0 Å². The molecule has 1 aromatic carbocycles. The summed E-state index contributed by atoms with van der Waals surface area (Å²) in [5.41, 5.74) is 6.14. The van der Waals surface area contributed by atoms with E-state index in [0.29, 0.717) is 0 Å². The Labute approximate surface area is 86.7 Å². The van der Waals surface area contributed by atoms with E-state index in [0.717, 1.165) is 13.0 Å². The molecule has 14 heavy (non-hydrogen) atoms. The highest BCUT2D eigenvalue weighted by Crippen LogP contribution is 2.23. The molecule has 0 aromatic heterocycles. The monoisotopic (exact) mass is 189 g/mol. The standard InChI is InChI=1S/C13H19N/c1-4-11-7-10(2)8-12-5-6-14(3)9-13(11)12/h7-8H,4-6,9H2,1-3H3. The molecule has 1 nitrogen and oxygen atoms in total. The van der Waals surface area contributed by atoms with Gasteiger partial charge in [0.1, 0.15) is 0 Å². The van der Waals surface area contributed by atoms with E-state index in [2.05, 4.69) is 37.9 Å². The molecule has 0 amide bonds. The highest BCUT2D eigenvalue weighted by Gasteiger charge is 2.15. The summed E-state index contributed by atoms with van der Waals surface area (Å²) in [6.07, 6.45) is 2.39. The molecule has 0 unspecified atom stereocenters. The van der Waals surface area contributed by atoms with Gasteiger partial charge in [-0.3, -0.25) is 0 Å². The first-order valence-electron chi connectivity index (χ1n) is 5.50. The number of fused-ring (bicyclic) bond motifs is 1. The summed E-state index contributed by atoms with van der Waals surface area (Å²) in [5.74, 6) is 0. The molecular weight excluding hydrogens is 170 g/mol. The lowest BCUT2D eigenvalue weighted by molar-refractivity contribution is 0.311. The van der Waals surface area contributed by atoms with Crippen LogP contribution < -0.4 is 0 Å². The van der Waals surface area contributed by atoms with Gasteiger partial charge in [-0.1, -0.05) is 24.6 Å². The first-order chi connectivity index (χ1) is 6.70. The van der Waals surface area contributed by atoms with Gasteiger partial charge in [0.25, 0.3) is 0 Å². The number of hydrogen-bond acceptors (Lipinski definition) is 1. The Morgan fingerprint density at radius 1 is 1.36 bits per heavy atom. The third kappa shape index (κ3) is 1.69. The zero-order valence-electron chi connectivity index (χ0n) is 9.43. The fraction of sp³-hybridized carbons (Fsp3) is 0.538. The predicted octanol–water partition coefficient (Wildman–Crippen LogP) is 2.55. The van der Waals surface area contributed by atoms with Crippen molar-refractivity contribution in [2.75, 3.05) is 13.6 Å². The van der Waals surface area contributed by atoms with Crippen LogP contribution >= 0.6 is 0 Å². The number of hydrogen-bond donors (Lipinski definition) is 0. The van der Waals surface area contributed by atoms with Crippen LogP contribution in [0.1, 0.15) is 29.2 Å². The van der Waals surface area contributed by atoms with Crippen LogP contribution in [-0.4, -0.2) is 18.5 Å². The molecule has 2 rings (SSSR count). The molecule has 0 N–H and O–H groups in total. The minimum absolute atomic E-state index is 1.14. The SMILES string of the molecule is CCc1cc(C)cc2c1CN(C)CC2. The lowest BCUT2D eigenvalue weighted by Gasteiger charge is -2.27. The summed E-state index contributed by atoms with van der Waals surface area (Å²) in [7, 11) is 2.21. The van der Waals surface area contributed by atoms with Crippen molar-refractivity contribution in [1.82, 2.24) is 4.90 Å². The van der Waals surface area contributed by atoms with Crippen LogP contribution in [0.2, 0.25) is 0 Å². The van der Waals surface area contributed by atoms with Gasteiger partial charge in [-0.15, -0.1) is 0 Å². The van der Waals surface area contributed by atoms with Gasteiger partial charge in [0.05, 0.1) is 0 Å². The molecule has 76 valence electrons. The summed E-state index contributed by atoms with van der Waals surface area (Å²) in [5, 5.41) is 0. The van der Waals surface area contributed by atoms with E-state index in [-0.39, 0.29) is 0 Å². The Balaban J connectivity index is 2.47. The Hall–Kier alpha value is -0.820. The van der Waals surface area contributed by atoms with Crippen LogP contribution in [-0.2, 0) is 19.4 Å². The van der Waals surface area contributed by atoms with Crippen molar-refractivity contribution in [2.24, 2.45) is 0 Å². The van der Waals surface area contributed by atoms with Crippen LogP contribution in [0.3, 0.4) is 0 Å². The van der Waals surface area contributed by atoms with Crippen molar-refractivity contribution in [3.8, 4) is 0 Å². The lowest BCUT2D eigenvalue weighted by Crippen LogP contribution is -2.27. The Kier molecular flexibility index (Phi) is 2.60. The molecule has 1 aliphatic heterocycles. The van der Waals surface area contributed by atoms with Gasteiger partial charge in [0.15, 0.2) is 0 Å². The smallest absolute Gasteiger partial charge is 0.0236 e.